The van der Waals surface area contributed by atoms with E-state index in [2.05, 4.69) is 4.98 Å². The lowest BCUT2D eigenvalue weighted by atomic mass is 9.86. The first-order valence-corrected chi connectivity index (χ1v) is 6.22. The van der Waals surface area contributed by atoms with E-state index >= 15 is 0 Å². The van der Waals surface area contributed by atoms with Gasteiger partial charge in [-0.05, 0) is 37.8 Å². The van der Waals surface area contributed by atoms with Crippen molar-refractivity contribution in [2.75, 3.05) is 7.05 Å². The zero-order chi connectivity index (χ0) is 12.3. The summed E-state index contributed by atoms with van der Waals surface area (Å²) in [4.78, 5) is 17.0. The SMILES string of the molecule is CN(Cc1ccc[nH]1)C(=O)C1CCC(O)CC1. The maximum Gasteiger partial charge on any atom is 0.225 e. The van der Waals surface area contributed by atoms with Crippen molar-refractivity contribution in [2.45, 2.75) is 38.3 Å². The predicted octanol–water partition coefficient (Wildman–Crippen LogP) is 1.52. The molecule has 0 aromatic carbocycles. The van der Waals surface area contributed by atoms with Crippen molar-refractivity contribution in [1.29, 1.82) is 0 Å². The molecule has 1 amide bonds. The van der Waals surface area contributed by atoms with Crippen LogP contribution in [-0.2, 0) is 11.3 Å². The van der Waals surface area contributed by atoms with Gasteiger partial charge in [0.25, 0.3) is 0 Å². The highest BCUT2D eigenvalue weighted by Gasteiger charge is 2.27. The van der Waals surface area contributed by atoms with Gasteiger partial charge in [0.15, 0.2) is 0 Å². The second kappa shape index (κ2) is 5.36. The summed E-state index contributed by atoms with van der Waals surface area (Å²) in [6.07, 6.45) is 4.81. The van der Waals surface area contributed by atoms with Crippen molar-refractivity contribution in [2.24, 2.45) is 5.92 Å². The molecular formula is C13H20N2O2. The van der Waals surface area contributed by atoms with Gasteiger partial charge in [0.1, 0.15) is 0 Å². The molecule has 1 aromatic heterocycles. The molecule has 1 fully saturated rings. The summed E-state index contributed by atoms with van der Waals surface area (Å²) in [6.45, 7) is 0.630. The van der Waals surface area contributed by atoms with Crippen LogP contribution in [0.15, 0.2) is 18.3 Å². The van der Waals surface area contributed by atoms with E-state index < -0.39 is 0 Å². The Hall–Kier alpha value is -1.29. The van der Waals surface area contributed by atoms with E-state index in [0.29, 0.717) is 6.54 Å². The van der Waals surface area contributed by atoms with Gasteiger partial charge in [-0.1, -0.05) is 0 Å². The topological polar surface area (TPSA) is 56.3 Å². The van der Waals surface area contributed by atoms with Crippen molar-refractivity contribution >= 4 is 5.91 Å². The molecule has 1 heterocycles. The highest BCUT2D eigenvalue weighted by atomic mass is 16.3. The van der Waals surface area contributed by atoms with Gasteiger partial charge < -0.3 is 15.0 Å². The van der Waals surface area contributed by atoms with Crippen molar-refractivity contribution in [3.8, 4) is 0 Å². The van der Waals surface area contributed by atoms with Crippen LogP contribution in [0.25, 0.3) is 0 Å². The van der Waals surface area contributed by atoms with Crippen LogP contribution in [-0.4, -0.2) is 34.0 Å². The van der Waals surface area contributed by atoms with E-state index in [1.165, 1.54) is 0 Å². The lowest BCUT2D eigenvalue weighted by molar-refractivity contribution is -0.136. The van der Waals surface area contributed by atoms with Crippen LogP contribution in [0.3, 0.4) is 0 Å². The van der Waals surface area contributed by atoms with Crippen LogP contribution in [0.2, 0.25) is 0 Å². The van der Waals surface area contributed by atoms with Crippen molar-refractivity contribution in [3.05, 3.63) is 24.0 Å². The highest BCUT2D eigenvalue weighted by Crippen LogP contribution is 2.25. The van der Waals surface area contributed by atoms with Crippen LogP contribution >= 0.6 is 0 Å². The number of aromatic nitrogens is 1. The number of hydrogen-bond donors (Lipinski definition) is 2. The quantitative estimate of drug-likeness (QED) is 0.836. The zero-order valence-corrected chi connectivity index (χ0v) is 10.2. The molecule has 0 aliphatic heterocycles. The average Bonchev–Trinajstić information content (AvgIpc) is 2.82. The molecule has 1 aliphatic rings. The molecule has 2 N–H and O–H groups in total. The maximum absolute atomic E-state index is 12.2. The first-order chi connectivity index (χ1) is 8.16. The standard InChI is InChI=1S/C13H20N2O2/c1-15(9-11-3-2-8-14-11)13(17)10-4-6-12(16)7-5-10/h2-3,8,10,12,14,16H,4-7,9H2,1H3. The first-order valence-electron chi connectivity index (χ1n) is 6.22. The Kier molecular flexibility index (Phi) is 3.84. The summed E-state index contributed by atoms with van der Waals surface area (Å²) in [7, 11) is 1.84. The van der Waals surface area contributed by atoms with Gasteiger partial charge >= 0.3 is 0 Å². The van der Waals surface area contributed by atoms with E-state index in [-0.39, 0.29) is 17.9 Å². The third-order valence-corrected chi connectivity index (χ3v) is 3.49. The van der Waals surface area contributed by atoms with Gasteiger partial charge in [-0.15, -0.1) is 0 Å². The predicted molar refractivity (Wildman–Crippen MR) is 65.2 cm³/mol. The summed E-state index contributed by atoms with van der Waals surface area (Å²) in [5.41, 5.74) is 1.05. The highest BCUT2D eigenvalue weighted by molar-refractivity contribution is 5.78. The second-order valence-corrected chi connectivity index (χ2v) is 4.90. The Morgan fingerprint density at radius 1 is 1.47 bits per heavy atom. The maximum atomic E-state index is 12.2. The summed E-state index contributed by atoms with van der Waals surface area (Å²) >= 11 is 0. The summed E-state index contributed by atoms with van der Waals surface area (Å²) < 4.78 is 0. The minimum atomic E-state index is -0.201. The lowest BCUT2D eigenvalue weighted by Gasteiger charge is -2.28. The average molecular weight is 236 g/mol. The number of carbonyl (C=O) groups is 1. The van der Waals surface area contributed by atoms with Crippen LogP contribution < -0.4 is 0 Å². The molecule has 4 heteroatoms. The molecule has 1 aliphatic carbocycles. The molecule has 0 spiro atoms. The Bertz CT molecular complexity index is 354. The number of rotatable bonds is 3. The van der Waals surface area contributed by atoms with Gasteiger partial charge in [-0.2, -0.15) is 0 Å². The molecule has 0 bridgehead atoms. The van der Waals surface area contributed by atoms with E-state index in [9.17, 15) is 9.90 Å². The number of amides is 1. The minimum Gasteiger partial charge on any atom is -0.393 e. The van der Waals surface area contributed by atoms with Gasteiger partial charge in [0, 0.05) is 24.9 Å². The Morgan fingerprint density at radius 3 is 2.76 bits per heavy atom. The van der Waals surface area contributed by atoms with Gasteiger partial charge in [-0.25, -0.2) is 0 Å². The fraction of sp³-hybridized carbons (Fsp3) is 0.615. The molecule has 17 heavy (non-hydrogen) atoms. The second-order valence-electron chi connectivity index (χ2n) is 4.90. The summed E-state index contributed by atoms with van der Waals surface area (Å²) in [6, 6.07) is 3.92. The van der Waals surface area contributed by atoms with Gasteiger partial charge in [-0.3, -0.25) is 4.79 Å². The normalized spacial score (nSPS) is 24.6. The molecular weight excluding hydrogens is 216 g/mol. The zero-order valence-electron chi connectivity index (χ0n) is 10.2. The van der Waals surface area contributed by atoms with Gasteiger partial charge in [0.2, 0.25) is 5.91 Å². The Labute approximate surface area is 102 Å². The number of nitrogens with one attached hydrogen (secondary N) is 1. The van der Waals surface area contributed by atoms with E-state index in [0.717, 1.165) is 31.4 Å². The number of hydrogen-bond acceptors (Lipinski definition) is 2. The molecule has 4 nitrogen and oxygen atoms in total. The molecule has 0 atom stereocenters. The number of carbonyl (C=O) groups excluding carboxylic acids is 1. The number of H-pyrrole nitrogens is 1. The van der Waals surface area contributed by atoms with Crippen LogP contribution in [0.4, 0.5) is 0 Å². The Morgan fingerprint density at radius 2 is 2.18 bits per heavy atom. The molecule has 1 aromatic rings. The monoisotopic (exact) mass is 236 g/mol. The van der Waals surface area contributed by atoms with Crippen molar-refractivity contribution in [3.63, 3.8) is 0 Å². The van der Waals surface area contributed by atoms with Crippen LogP contribution in [0, 0.1) is 5.92 Å². The molecule has 94 valence electrons. The fourth-order valence-corrected chi connectivity index (χ4v) is 2.43. The fourth-order valence-electron chi connectivity index (χ4n) is 2.43. The Balaban J connectivity index is 1.86. The third kappa shape index (κ3) is 3.09. The molecule has 1 saturated carbocycles. The number of aliphatic hydroxyl groups is 1. The van der Waals surface area contributed by atoms with E-state index in [4.69, 9.17) is 0 Å². The molecule has 0 radical (unpaired) electrons. The van der Waals surface area contributed by atoms with E-state index in [1.807, 2.05) is 25.4 Å². The first kappa shape index (κ1) is 12.2. The number of nitrogens with zero attached hydrogens (tertiary/aromatic N) is 1. The molecule has 0 saturated heterocycles. The molecule has 2 rings (SSSR count). The number of aliphatic hydroxyl groups excluding tert-OH is 1. The number of aromatic amines is 1. The largest absolute Gasteiger partial charge is 0.393 e. The minimum absolute atomic E-state index is 0.0957. The molecule has 0 unspecified atom stereocenters. The van der Waals surface area contributed by atoms with Crippen molar-refractivity contribution < 1.29 is 9.90 Å². The van der Waals surface area contributed by atoms with E-state index in [1.54, 1.807) is 4.90 Å². The van der Waals surface area contributed by atoms with Crippen LogP contribution in [0.5, 0.6) is 0 Å². The summed E-state index contributed by atoms with van der Waals surface area (Å²) in [5.74, 6) is 0.296. The summed E-state index contributed by atoms with van der Waals surface area (Å²) in [5, 5.41) is 9.42. The smallest absolute Gasteiger partial charge is 0.225 e. The lowest BCUT2D eigenvalue weighted by Crippen LogP contribution is -2.35. The van der Waals surface area contributed by atoms with Crippen LogP contribution in [0.1, 0.15) is 31.4 Å². The van der Waals surface area contributed by atoms with Crippen molar-refractivity contribution in [1.82, 2.24) is 9.88 Å². The third-order valence-electron chi connectivity index (χ3n) is 3.49. The van der Waals surface area contributed by atoms with Gasteiger partial charge in [0.05, 0.1) is 12.6 Å².